The highest BCUT2D eigenvalue weighted by atomic mass is 35.5. The molecular formula is C17H23ClN6O. The van der Waals surface area contributed by atoms with Crippen molar-refractivity contribution in [1.82, 2.24) is 20.4 Å². The maximum atomic E-state index is 5.98. The van der Waals surface area contributed by atoms with Gasteiger partial charge in [0.15, 0.2) is 5.96 Å². The molecule has 1 unspecified atom stereocenters. The summed E-state index contributed by atoms with van der Waals surface area (Å²) in [6.45, 7) is 5.46. The summed E-state index contributed by atoms with van der Waals surface area (Å²) in [5, 5.41) is 7.77. The Balaban J connectivity index is 1.53. The number of rotatable bonds is 6. The fourth-order valence-electron chi connectivity index (χ4n) is 3.04. The van der Waals surface area contributed by atoms with Crippen LogP contribution in [0.25, 0.3) is 11.4 Å². The molecule has 7 nitrogen and oxygen atoms in total. The number of nitrogens with zero attached hydrogens (tertiary/aromatic N) is 4. The number of hydrogen-bond acceptors (Lipinski definition) is 5. The fraction of sp³-hybridized carbons (Fsp3) is 0.471. The third-order valence-electron chi connectivity index (χ3n) is 4.36. The summed E-state index contributed by atoms with van der Waals surface area (Å²) >= 11 is 5.98. The van der Waals surface area contributed by atoms with E-state index in [0.717, 1.165) is 25.2 Å². The Hall–Kier alpha value is -2.12. The molecule has 1 atom stereocenters. The molecule has 0 bridgehead atoms. The normalized spacial score (nSPS) is 18.6. The topological polar surface area (TPSA) is 92.6 Å². The maximum absolute atomic E-state index is 5.98. The van der Waals surface area contributed by atoms with Gasteiger partial charge >= 0.3 is 0 Å². The molecule has 3 rings (SSSR count). The van der Waals surface area contributed by atoms with Gasteiger partial charge in [-0.3, -0.25) is 4.90 Å². The maximum Gasteiger partial charge on any atom is 0.248 e. The molecule has 2 heterocycles. The predicted molar refractivity (Wildman–Crippen MR) is 98.3 cm³/mol. The Morgan fingerprint density at radius 1 is 1.52 bits per heavy atom. The second-order valence-corrected chi connectivity index (χ2v) is 6.47. The monoisotopic (exact) mass is 362 g/mol. The van der Waals surface area contributed by atoms with Crippen molar-refractivity contribution in [3.05, 3.63) is 35.2 Å². The number of nitrogens with two attached hydrogens (primary N) is 1. The van der Waals surface area contributed by atoms with Crippen LogP contribution in [0.4, 0.5) is 0 Å². The van der Waals surface area contributed by atoms with Crippen LogP contribution in [0.15, 0.2) is 33.8 Å². The smallest absolute Gasteiger partial charge is 0.248 e. The highest BCUT2D eigenvalue weighted by Crippen LogP contribution is 2.20. The lowest BCUT2D eigenvalue weighted by molar-refractivity contribution is 0.267. The molecule has 0 aliphatic carbocycles. The Labute approximate surface area is 152 Å². The number of aliphatic imine (C=N–C) groups is 1. The number of likely N-dealkylation sites (tertiary alicyclic amines) is 1. The SMILES string of the molecule is CCN1CCCC1CNC(N)=NCc1nc(-c2cccc(Cl)c2)no1. The van der Waals surface area contributed by atoms with E-state index in [4.69, 9.17) is 21.9 Å². The van der Waals surface area contributed by atoms with Gasteiger partial charge in [0, 0.05) is 23.2 Å². The van der Waals surface area contributed by atoms with E-state index in [1.165, 1.54) is 12.8 Å². The van der Waals surface area contributed by atoms with Gasteiger partial charge in [-0.05, 0) is 38.1 Å². The van der Waals surface area contributed by atoms with E-state index in [2.05, 4.69) is 32.3 Å². The van der Waals surface area contributed by atoms with E-state index in [1.807, 2.05) is 12.1 Å². The summed E-state index contributed by atoms with van der Waals surface area (Å²) < 4.78 is 5.22. The van der Waals surface area contributed by atoms with Crippen LogP contribution in [-0.2, 0) is 6.54 Å². The molecule has 3 N–H and O–H groups in total. The van der Waals surface area contributed by atoms with Crippen LogP contribution >= 0.6 is 11.6 Å². The zero-order chi connectivity index (χ0) is 17.6. The average molecular weight is 363 g/mol. The predicted octanol–water partition coefficient (Wildman–Crippen LogP) is 2.28. The molecule has 0 spiro atoms. The Bertz CT molecular complexity index is 731. The third-order valence-corrected chi connectivity index (χ3v) is 4.59. The van der Waals surface area contributed by atoms with E-state index in [9.17, 15) is 0 Å². The van der Waals surface area contributed by atoms with Crippen molar-refractivity contribution in [3.63, 3.8) is 0 Å². The zero-order valence-electron chi connectivity index (χ0n) is 14.3. The van der Waals surface area contributed by atoms with Crippen molar-refractivity contribution in [3.8, 4) is 11.4 Å². The van der Waals surface area contributed by atoms with Crippen molar-refractivity contribution in [2.75, 3.05) is 19.6 Å². The second-order valence-electron chi connectivity index (χ2n) is 6.03. The third kappa shape index (κ3) is 4.70. The van der Waals surface area contributed by atoms with Crippen LogP contribution in [0.5, 0.6) is 0 Å². The zero-order valence-corrected chi connectivity index (χ0v) is 15.0. The summed E-state index contributed by atoms with van der Waals surface area (Å²) in [5.41, 5.74) is 6.74. The molecule has 134 valence electrons. The van der Waals surface area contributed by atoms with Gasteiger partial charge in [0.25, 0.3) is 0 Å². The molecule has 0 saturated carbocycles. The van der Waals surface area contributed by atoms with E-state index >= 15 is 0 Å². The molecule has 8 heteroatoms. The molecular weight excluding hydrogens is 340 g/mol. The summed E-state index contributed by atoms with van der Waals surface area (Å²) in [6, 6.07) is 7.83. The molecule has 1 aromatic heterocycles. The standard InChI is InChI=1S/C17H23ClN6O/c1-2-24-8-4-7-14(24)10-20-17(19)21-11-15-22-16(23-25-15)12-5-3-6-13(18)9-12/h3,5-6,9,14H,2,4,7-8,10-11H2,1H3,(H3,19,20,21). The van der Waals surface area contributed by atoms with Crippen molar-refractivity contribution in [1.29, 1.82) is 0 Å². The van der Waals surface area contributed by atoms with Crippen LogP contribution in [0.1, 0.15) is 25.7 Å². The van der Waals surface area contributed by atoms with E-state index in [-0.39, 0.29) is 6.54 Å². The summed E-state index contributed by atoms with van der Waals surface area (Å²) in [7, 11) is 0. The van der Waals surface area contributed by atoms with Crippen LogP contribution in [0.3, 0.4) is 0 Å². The molecule has 0 amide bonds. The van der Waals surface area contributed by atoms with E-state index < -0.39 is 0 Å². The number of benzene rings is 1. The number of likely N-dealkylation sites (N-methyl/N-ethyl adjacent to an activating group) is 1. The number of hydrogen-bond donors (Lipinski definition) is 2. The van der Waals surface area contributed by atoms with Crippen LogP contribution in [0.2, 0.25) is 5.02 Å². The second kappa shape index (κ2) is 8.31. The Morgan fingerprint density at radius 3 is 3.20 bits per heavy atom. The minimum atomic E-state index is 0.245. The molecule has 1 aliphatic rings. The first-order chi connectivity index (χ1) is 12.2. The summed E-state index contributed by atoms with van der Waals surface area (Å²) in [5.74, 6) is 1.30. The van der Waals surface area contributed by atoms with E-state index in [0.29, 0.717) is 28.7 Å². The van der Waals surface area contributed by atoms with Crippen molar-refractivity contribution >= 4 is 17.6 Å². The Morgan fingerprint density at radius 2 is 2.40 bits per heavy atom. The van der Waals surface area contributed by atoms with Crippen molar-refractivity contribution < 1.29 is 4.52 Å². The molecule has 2 aromatic rings. The molecule has 1 saturated heterocycles. The van der Waals surface area contributed by atoms with Gasteiger partial charge in [0.2, 0.25) is 11.7 Å². The molecule has 1 aromatic carbocycles. The van der Waals surface area contributed by atoms with Crippen LogP contribution in [0, 0.1) is 0 Å². The number of aromatic nitrogens is 2. The molecule has 1 aliphatic heterocycles. The first-order valence-electron chi connectivity index (χ1n) is 8.52. The highest BCUT2D eigenvalue weighted by Gasteiger charge is 2.22. The summed E-state index contributed by atoms with van der Waals surface area (Å²) in [6.07, 6.45) is 2.44. The lowest BCUT2D eigenvalue weighted by Crippen LogP contribution is -2.42. The summed E-state index contributed by atoms with van der Waals surface area (Å²) in [4.78, 5) is 11.0. The van der Waals surface area contributed by atoms with Gasteiger partial charge in [-0.1, -0.05) is 35.8 Å². The van der Waals surface area contributed by atoms with Crippen LogP contribution < -0.4 is 11.1 Å². The number of nitrogens with one attached hydrogen (secondary N) is 1. The average Bonchev–Trinajstić information content (AvgIpc) is 3.27. The lowest BCUT2D eigenvalue weighted by Gasteiger charge is -2.22. The molecule has 25 heavy (non-hydrogen) atoms. The molecule has 0 radical (unpaired) electrons. The van der Waals surface area contributed by atoms with Gasteiger partial charge < -0.3 is 15.6 Å². The van der Waals surface area contributed by atoms with Crippen molar-refractivity contribution in [2.24, 2.45) is 10.7 Å². The van der Waals surface area contributed by atoms with Gasteiger partial charge in [-0.2, -0.15) is 4.98 Å². The minimum absolute atomic E-state index is 0.245. The van der Waals surface area contributed by atoms with Gasteiger partial charge in [0.1, 0.15) is 6.54 Å². The minimum Gasteiger partial charge on any atom is -0.370 e. The number of halogens is 1. The fourth-order valence-corrected chi connectivity index (χ4v) is 3.23. The largest absolute Gasteiger partial charge is 0.370 e. The van der Waals surface area contributed by atoms with Crippen LogP contribution in [-0.4, -0.2) is 46.7 Å². The first-order valence-corrected chi connectivity index (χ1v) is 8.90. The first kappa shape index (κ1) is 17.7. The molecule has 1 fully saturated rings. The quantitative estimate of drug-likeness (QED) is 0.605. The Kier molecular flexibility index (Phi) is 5.88. The van der Waals surface area contributed by atoms with Crippen molar-refractivity contribution in [2.45, 2.75) is 32.4 Å². The van der Waals surface area contributed by atoms with Gasteiger partial charge in [-0.25, -0.2) is 4.99 Å². The number of guanidine groups is 1. The van der Waals surface area contributed by atoms with E-state index in [1.54, 1.807) is 12.1 Å². The van der Waals surface area contributed by atoms with Gasteiger partial charge in [-0.15, -0.1) is 0 Å². The van der Waals surface area contributed by atoms with Gasteiger partial charge in [0.05, 0.1) is 0 Å². The lowest BCUT2D eigenvalue weighted by atomic mass is 10.2. The highest BCUT2D eigenvalue weighted by molar-refractivity contribution is 6.30.